The lowest BCUT2D eigenvalue weighted by Crippen LogP contribution is -2.10. The standard InChI is InChI=1S/C10H22O.C4H10O3/c1-5-9(3)7-11-8-10(4)6-2;5-1-3-7-4-2-6/h9-10H,5-8H2,1-4H3;5-6H,1-4H2. The lowest BCUT2D eigenvalue weighted by atomic mass is 10.1. The molecule has 4 nitrogen and oxygen atoms in total. The van der Waals surface area contributed by atoms with E-state index in [0.717, 1.165) is 25.0 Å². The van der Waals surface area contributed by atoms with Crippen molar-refractivity contribution in [1.82, 2.24) is 0 Å². The minimum absolute atomic E-state index is 0.0278. The van der Waals surface area contributed by atoms with Crippen molar-refractivity contribution in [2.24, 2.45) is 11.8 Å². The molecule has 18 heavy (non-hydrogen) atoms. The van der Waals surface area contributed by atoms with Crippen molar-refractivity contribution in [3.8, 4) is 0 Å². The van der Waals surface area contributed by atoms with Crippen LogP contribution in [0.4, 0.5) is 0 Å². The second-order valence-electron chi connectivity index (χ2n) is 4.62. The smallest absolute Gasteiger partial charge is 0.0698 e. The molecular formula is C14H32O4. The molecule has 4 heteroatoms. The fraction of sp³-hybridized carbons (Fsp3) is 1.00. The van der Waals surface area contributed by atoms with Crippen LogP contribution in [-0.4, -0.2) is 49.9 Å². The van der Waals surface area contributed by atoms with E-state index in [1.807, 2.05) is 0 Å². The van der Waals surface area contributed by atoms with Crippen molar-refractivity contribution in [2.45, 2.75) is 40.5 Å². The van der Waals surface area contributed by atoms with Gasteiger partial charge in [-0.2, -0.15) is 0 Å². The van der Waals surface area contributed by atoms with Gasteiger partial charge in [-0.1, -0.05) is 40.5 Å². The van der Waals surface area contributed by atoms with Gasteiger partial charge in [0.1, 0.15) is 0 Å². The maximum absolute atomic E-state index is 8.09. The molecule has 0 radical (unpaired) electrons. The Morgan fingerprint density at radius 2 is 1.17 bits per heavy atom. The summed E-state index contributed by atoms with van der Waals surface area (Å²) < 4.78 is 10.2. The summed E-state index contributed by atoms with van der Waals surface area (Å²) in [4.78, 5) is 0. The summed E-state index contributed by atoms with van der Waals surface area (Å²) in [6, 6.07) is 0. The molecule has 2 N–H and O–H groups in total. The van der Waals surface area contributed by atoms with Crippen LogP contribution in [0.3, 0.4) is 0 Å². The summed E-state index contributed by atoms with van der Waals surface area (Å²) in [5, 5.41) is 16.2. The lowest BCUT2D eigenvalue weighted by Gasteiger charge is -2.12. The van der Waals surface area contributed by atoms with Crippen molar-refractivity contribution >= 4 is 0 Å². The van der Waals surface area contributed by atoms with E-state index >= 15 is 0 Å². The Bertz CT molecular complexity index is 128. The maximum atomic E-state index is 8.09. The Morgan fingerprint density at radius 3 is 1.44 bits per heavy atom. The highest BCUT2D eigenvalue weighted by molar-refractivity contribution is 4.49. The maximum Gasteiger partial charge on any atom is 0.0698 e. The van der Waals surface area contributed by atoms with E-state index in [2.05, 4.69) is 32.4 Å². The van der Waals surface area contributed by atoms with Crippen LogP contribution in [0.25, 0.3) is 0 Å². The van der Waals surface area contributed by atoms with Crippen molar-refractivity contribution in [2.75, 3.05) is 39.6 Å². The van der Waals surface area contributed by atoms with Crippen LogP contribution in [0, 0.1) is 11.8 Å². The molecule has 0 rings (SSSR count). The Kier molecular flexibility index (Phi) is 18.9. The number of aliphatic hydroxyl groups excluding tert-OH is 2. The van der Waals surface area contributed by atoms with Gasteiger partial charge in [0.25, 0.3) is 0 Å². The van der Waals surface area contributed by atoms with Crippen LogP contribution in [0.2, 0.25) is 0 Å². The number of rotatable bonds is 10. The van der Waals surface area contributed by atoms with Crippen LogP contribution in [0.15, 0.2) is 0 Å². The minimum Gasteiger partial charge on any atom is -0.394 e. The van der Waals surface area contributed by atoms with Crippen LogP contribution < -0.4 is 0 Å². The van der Waals surface area contributed by atoms with Crippen LogP contribution in [-0.2, 0) is 9.47 Å². The zero-order valence-corrected chi connectivity index (χ0v) is 12.5. The molecule has 0 fully saturated rings. The van der Waals surface area contributed by atoms with Crippen LogP contribution in [0.1, 0.15) is 40.5 Å². The molecule has 2 unspecified atom stereocenters. The third-order valence-corrected chi connectivity index (χ3v) is 2.67. The summed E-state index contributed by atoms with van der Waals surface area (Å²) in [6.45, 7) is 11.4. The van der Waals surface area contributed by atoms with E-state index in [9.17, 15) is 0 Å². The lowest BCUT2D eigenvalue weighted by molar-refractivity contribution is 0.0650. The highest BCUT2D eigenvalue weighted by Crippen LogP contribution is 2.04. The first-order chi connectivity index (χ1) is 8.62. The Hall–Kier alpha value is -0.160. The van der Waals surface area contributed by atoms with E-state index in [-0.39, 0.29) is 13.2 Å². The molecule has 0 aromatic heterocycles. The number of hydrogen-bond donors (Lipinski definition) is 2. The highest BCUT2D eigenvalue weighted by atomic mass is 16.5. The number of aliphatic hydroxyl groups is 2. The first kappa shape index (κ1) is 20.2. The van der Waals surface area contributed by atoms with E-state index in [4.69, 9.17) is 14.9 Å². The monoisotopic (exact) mass is 264 g/mol. The molecule has 0 aromatic carbocycles. The zero-order chi connectivity index (χ0) is 14.2. The van der Waals surface area contributed by atoms with Crippen molar-refractivity contribution in [1.29, 1.82) is 0 Å². The van der Waals surface area contributed by atoms with Crippen molar-refractivity contribution < 1.29 is 19.7 Å². The normalized spacial score (nSPS) is 13.7. The molecule has 112 valence electrons. The molecule has 0 aliphatic rings. The average Bonchev–Trinajstić information content (AvgIpc) is 2.39. The molecule has 0 saturated carbocycles. The van der Waals surface area contributed by atoms with Gasteiger partial charge in [0.15, 0.2) is 0 Å². The van der Waals surface area contributed by atoms with E-state index in [1.54, 1.807) is 0 Å². The molecular weight excluding hydrogens is 232 g/mol. The molecule has 0 saturated heterocycles. The summed E-state index contributed by atoms with van der Waals surface area (Å²) in [5.74, 6) is 1.44. The topological polar surface area (TPSA) is 58.9 Å². The van der Waals surface area contributed by atoms with Crippen LogP contribution >= 0.6 is 0 Å². The SMILES string of the molecule is CCC(C)COCC(C)CC.OCCOCCO. The van der Waals surface area contributed by atoms with Gasteiger partial charge >= 0.3 is 0 Å². The van der Waals surface area contributed by atoms with Gasteiger partial charge in [0.05, 0.1) is 26.4 Å². The fourth-order valence-electron chi connectivity index (χ4n) is 0.937. The number of hydrogen-bond acceptors (Lipinski definition) is 4. The molecule has 0 spiro atoms. The number of ether oxygens (including phenoxy) is 2. The van der Waals surface area contributed by atoms with Crippen molar-refractivity contribution in [3.63, 3.8) is 0 Å². The predicted molar refractivity (Wildman–Crippen MR) is 74.7 cm³/mol. The Balaban J connectivity index is 0. The Labute approximate surface area is 112 Å². The van der Waals surface area contributed by atoms with Gasteiger partial charge in [-0.3, -0.25) is 0 Å². The first-order valence-corrected chi connectivity index (χ1v) is 6.99. The van der Waals surface area contributed by atoms with Gasteiger partial charge in [0.2, 0.25) is 0 Å². The predicted octanol–water partition coefficient (Wildman–Crippen LogP) is 2.08. The van der Waals surface area contributed by atoms with Gasteiger partial charge in [-0.25, -0.2) is 0 Å². The highest BCUT2D eigenvalue weighted by Gasteiger charge is 2.01. The second-order valence-corrected chi connectivity index (χ2v) is 4.62. The summed E-state index contributed by atoms with van der Waals surface area (Å²) in [7, 11) is 0. The molecule has 0 bridgehead atoms. The van der Waals surface area contributed by atoms with E-state index in [1.165, 1.54) is 12.8 Å². The molecule has 2 atom stereocenters. The molecule has 0 amide bonds. The van der Waals surface area contributed by atoms with E-state index < -0.39 is 0 Å². The van der Waals surface area contributed by atoms with Crippen molar-refractivity contribution in [3.05, 3.63) is 0 Å². The average molecular weight is 264 g/mol. The van der Waals surface area contributed by atoms with Gasteiger partial charge < -0.3 is 19.7 Å². The van der Waals surface area contributed by atoms with E-state index in [0.29, 0.717) is 13.2 Å². The van der Waals surface area contributed by atoms with Crippen LogP contribution in [0.5, 0.6) is 0 Å². The first-order valence-electron chi connectivity index (χ1n) is 6.99. The summed E-state index contributed by atoms with van der Waals surface area (Å²) in [6.07, 6.45) is 2.45. The van der Waals surface area contributed by atoms with Gasteiger partial charge in [0, 0.05) is 13.2 Å². The van der Waals surface area contributed by atoms with Gasteiger partial charge in [-0.15, -0.1) is 0 Å². The molecule has 0 aliphatic heterocycles. The third-order valence-electron chi connectivity index (χ3n) is 2.67. The third kappa shape index (κ3) is 18.2. The quantitative estimate of drug-likeness (QED) is 0.593. The Morgan fingerprint density at radius 1 is 0.778 bits per heavy atom. The molecule has 0 heterocycles. The summed E-state index contributed by atoms with van der Waals surface area (Å²) >= 11 is 0. The largest absolute Gasteiger partial charge is 0.394 e. The zero-order valence-electron chi connectivity index (χ0n) is 12.5. The molecule has 0 aliphatic carbocycles. The summed E-state index contributed by atoms with van der Waals surface area (Å²) in [5.41, 5.74) is 0. The molecule has 0 aromatic rings. The minimum atomic E-state index is 0.0278. The second kappa shape index (κ2) is 16.8. The fourth-order valence-corrected chi connectivity index (χ4v) is 0.937. The van der Waals surface area contributed by atoms with Gasteiger partial charge in [-0.05, 0) is 11.8 Å².